The smallest absolute Gasteiger partial charge is 0.147 e. The van der Waals surface area contributed by atoms with Gasteiger partial charge in [-0.15, -0.1) is 11.6 Å². The molecule has 0 bridgehead atoms. The third kappa shape index (κ3) is 3.85. The number of rotatable bonds is 6. The van der Waals surface area contributed by atoms with Gasteiger partial charge in [-0.1, -0.05) is 18.2 Å². The van der Waals surface area contributed by atoms with Crippen LogP contribution in [0.5, 0.6) is 5.75 Å². The summed E-state index contributed by atoms with van der Waals surface area (Å²) in [6.07, 6.45) is 4.35. The van der Waals surface area contributed by atoms with Gasteiger partial charge in [0.1, 0.15) is 11.6 Å². The molecule has 1 aromatic heterocycles. The van der Waals surface area contributed by atoms with Crippen molar-refractivity contribution in [2.45, 2.75) is 25.3 Å². The van der Waals surface area contributed by atoms with Gasteiger partial charge in [0.15, 0.2) is 0 Å². The Labute approximate surface area is 130 Å². The zero-order valence-corrected chi connectivity index (χ0v) is 13.3. The molecule has 1 aromatic carbocycles. The van der Waals surface area contributed by atoms with Crippen LogP contribution in [0.2, 0.25) is 0 Å². The van der Waals surface area contributed by atoms with Gasteiger partial charge in [-0.25, -0.2) is 4.98 Å². The van der Waals surface area contributed by atoms with Crippen molar-refractivity contribution in [3.63, 3.8) is 0 Å². The molecule has 0 aliphatic carbocycles. The normalized spacial score (nSPS) is 12.0. The minimum atomic E-state index is 0.275. The van der Waals surface area contributed by atoms with Crippen LogP contribution in [0.4, 0.5) is 5.82 Å². The van der Waals surface area contributed by atoms with Gasteiger partial charge in [-0.05, 0) is 25.0 Å². The lowest BCUT2D eigenvalue weighted by molar-refractivity contribution is 0.408. The predicted molar refractivity (Wildman–Crippen MR) is 86.2 cm³/mol. The summed E-state index contributed by atoms with van der Waals surface area (Å²) in [5, 5.41) is 0. The van der Waals surface area contributed by atoms with Crippen LogP contribution in [-0.2, 0) is 12.3 Å². The number of methoxy groups -OCH3 is 1. The number of hydrogen-bond donors (Lipinski definition) is 0. The van der Waals surface area contributed by atoms with Crippen LogP contribution in [0.15, 0.2) is 36.7 Å². The van der Waals surface area contributed by atoms with Crippen LogP contribution in [0.1, 0.15) is 18.2 Å². The summed E-state index contributed by atoms with van der Waals surface area (Å²) in [5.41, 5.74) is 1.97. The Balaban J connectivity index is 2.09. The van der Waals surface area contributed by atoms with Crippen molar-refractivity contribution in [3.8, 4) is 5.75 Å². The number of benzene rings is 1. The molecular formula is C16H20ClN3O. The van der Waals surface area contributed by atoms with E-state index < -0.39 is 0 Å². The summed E-state index contributed by atoms with van der Waals surface area (Å²) in [6, 6.07) is 8.35. The van der Waals surface area contributed by atoms with Crippen molar-refractivity contribution in [3.05, 3.63) is 47.9 Å². The number of anilines is 1. The third-order valence-electron chi connectivity index (χ3n) is 3.56. The predicted octanol–water partition coefficient (Wildman–Crippen LogP) is 3.29. The van der Waals surface area contributed by atoms with Crippen LogP contribution < -0.4 is 9.64 Å². The first kappa shape index (κ1) is 15.6. The molecule has 0 amide bonds. The molecule has 0 radical (unpaired) electrons. The minimum absolute atomic E-state index is 0.275. The van der Waals surface area contributed by atoms with E-state index in [4.69, 9.17) is 16.3 Å². The van der Waals surface area contributed by atoms with Crippen molar-refractivity contribution >= 4 is 17.4 Å². The van der Waals surface area contributed by atoms with E-state index in [1.54, 1.807) is 19.5 Å². The molecule has 0 fully saturated rings. The fraction of sp³-hybridized carbons (Fsp3) is 0.375. The third-order valence-corrected chi connectivity index (χ3v) is 3.83. The molecule has 0 aliphatic heterocycles. The van der Waals surface area contributed by atoms with E-state index in [1.165, 1.54) is 5.56 Å². The Morgan fingerprint density at radius 2 is 2.00 bits per heavy atom. The quantitative estimate of drug-likeness (QED) is 0.768. The van der Waals surface area contributed by atoms with Gasteiger partial charge in [-0.2, -0.15) is 0 Å². The zero-order chi connectivity index (χ0) is 15.2. The van der Waals surface area contributed by atoms with Gasteiger partial charge in [0.25, 0.3) is 0 Å². The number of aromatic nitrogens is 2. The second-order valence-corrected chi connectivity index (χ2v) is 5.24. The van der Waals surface area contributed by atoms with E-state index in [9.17, 15) is 0 Å². The van der Waals surface area contributed by atoms with Crippen LogP contribution in [0, 0.1) is 0 Å². The molecule has 0 spiro atoms. The number of hydrogen-bond acceptors (Lipinski definition) is 4. The molecule has 21 heavy (non-hydrogen) atoms. The summed E-state index contributed by atoms with van der Waals surface area (Å²) in [4.78, 5) is 10.8. The van der Waals surface area contributed by atoms with Crippen molar-refractivity contribution in [2.75, 3.05) is 19.1 Å². The lowest BCUT2D eigenvalue weighted by atomic mass is 10.1. The van der Waals surface area contributed by atoms with Gasteiger partial charge in [-0.3, -0.25) is 4.98 Å². The molecule has 112 valence electrons. The first-order chi connectivity index (χ1) is 10.2. The minimum Gasteiger partial charge on any atom is -0.496 e. The number of ether oxygens (including phenoxy) is 1. The van der Waals surface area contributed by atoms with Crippen molar-refractivity contribution < 1.29 is 4.74 Å². The molecule has 1 heterocycles. The largest absolute Gasteiger partial charge is 0.496 e. The topological polar surface area (TPSA) is 38.2 Å². The molecule has 2 rings (SSSR count). The van der Waals surface area contributed by atoms with Crippen molar-refractivity contribution in [2.24, 2.45) is 0 Å². The lowest BCUT2D eigenvalue weighted by Crippen LogP contribution is -2.31. The van der Waals surface area contributed by atoms with Gasteiger partial charge in [0.05, 0.1) is 31.1 Å². The average molecular weight is 306 g/mol. The molecule has 1 atom stereocenters. The van der Waals surface area contributed by atoms with Gasteiger partial charge < -0.3 is 9.64 Å². The molecule has 2 aromatic rings. The van der Waals surface area contributed by atoms with Crippen molar-refractivity contribution in [1.29, 1.82) is 0 Å². The first-order valence-corrected chi connectivity index (χ1v) is 7.40. The van der Waals surface area contributed by atoms with Crippen LogP contribution >= 0.6 is 11.6 Å². The summed E-state index contributed by atoms with van der Waals surface area (Å²) < 4.78 is 5.40. The number of alkyl halides is 1. The molecule has 0 aliphatic rings. The molecule has 0 saturated heterocycles. The monoisotopic (exact) mass is 305 g/mol. The zero-order valence-electron chi connectivity index (χ0n) is 12.6. The number of nitrogens with zero attached hydrogens (tertiary/aromatic N) is 3. The average Bonchev–Trinajstić information content (AvgIpc) is 2.54. The van der Waals surface area contributed by atoms with E-state index in [0.29, 0.717) is 5.88 Å². The highest BCUT2D eigenvalue weighted by Gasteiger charge is 2.14. The maximum Gasteiger partial charge on any atom is 0.147 e. The first-order valence-electron chi connectivity index (χ1n) is 6.87. The van der Waals surface area contributed by atoms with Gasteiger partial charge in [0, 0.05) is 13.1 Å². The van der Waals surface area contributed by atoms with E-state index in [1.807, 2.05) is 25.2 Å². The molecule has 0 saturated carbocycles. The number of likely N-dealkylation sites (N-methyl/N-ethyl adjacent to an activating group) is 1. The van der Waals surface area contributed by atoms with Gasteiger partial charge in [0.2, 0.25) is 0 Å². The maximum absolute atomic E-state index is 5.73. The second kappa shape index (κ2) is 7.27. The summed E-state index contributed by atoms with van der Waals surface area (Å²) >= 11 is 5.73. The van der Waals surface area contributed by atoms with E-state index in [0.717, 1.165) is 23.7 Å². The summed E-state index contributed by atoms with van der Waals surface area (Å²) in [6.45, 7) is 2.16. The highest BCUT2D eigenvalue weighted by atomic mass is 35.5. The highest BCUT2D eigenvalue weighted by molar-refractivity contribution is 6.16. The standard InChI is InChI=1S/C16H20ClN3O/c1-12(8-13-6-4-5-7-15(13)21-3)20(2)16-11-18-14(9-17)10-19-16/h4-7,10-12H,8-9H2,1-3H3. The summed E-state index contributed by atoms with van der Waals surface area (Å²) in [5.74, 6) is 2.14. The summed E-state index contributed by atoms with van der Waals surface area (Å²) in [7, 11) is 3.72. The van der Waals surface area contributed by atoms with E-state index in [2.05, 4.69) is 27.9 Å². The van der Waals surface area contributed by atoms with E-state index >= 15 is 0 Å². The van der Waals surface area contributed by atoms with Gasteiger partial charge >= 0.3 is 0 Å². The molecule has 5 heteroatoms. The van der Waals surface area contributed by atoms with E-state index in [-0.39, 0.29) is 6.04 Å². The fourth-order valence-electron chi connectivity index (χ4n) is 2.15. The molecule has 1 unspecified atom stereocenters. The number of para-hydroxylation sites is 1. The fourth-order valence-corrected chi connectivity index (χ4v) is 2.29. The lowest BCUT2D eigenvalue weighted by Gasteiger charge is -2.26. The number of halogens is 1. The molecule has 0 N–H and O–H groups in total. The van der Waals surface area contributed by atoms with Crippen LogP contribution in [0.25, 0.3) is 0 Å². The highest BCUT2D eigenvalue weighted by Crippen LogP contribution is 2.21. The Hall–Kier alpha value is -1.81. The Bertz CT molecular complexity index is 574. The van der Waals surface area contributed by atoms with Crippen LogP contribution in [-0.4, -0.2) is 30.2 Å². The maximum atomic E-state index is 5.73. The second-order valence-electron chi connectivity index (χ2n) is 4.98. The Morgan fingerprint density at radius 3 is 2.62 bits per heavy atom. The van der Waals surface area contributed by atoms with Crippen molar-refractivity contribution in [1.82, 2.24) is 9.97 Å². The van der Waals surface area contributed by atoms with Crippen LogP contribution in [0.3, 0.4) is 0 Å². The molecule has 4 nitrogen and oxygen atoms in total. The Kier molecular flexibility index (Phi) is 5.39. The SMILES string of the molecule is COc1ccccc1CC(C)N(C)c1cnc(CCl)cn1. The Morgan fingerprint density at radius 1 is 1.24 bits per heavy atom. The molecular weight excluding hydrogens is 286 g/mol.